The molecular weight excluding hydrogens is 395 g/mol. The molecule has 1 amide bonds. The zero-order valence-electron chi connectivity index (χ0n) is 13.9. The average molecular weight is 424 g/mol. The summed E-state index contributed by atoms with van der Waals surface area (Å²) < 4.78 is 5.82. The maximum absolute atomic E-state index is 11.7. The number of hydrogen-bond acceptors (Lipinski definition) is 3. The largest absolute Gasteiger partial charge is 0.373 e. The van der Waals surface area contributed by atoms with E-state index in [1.807, 2.05) is 20.8 Å². The topological polar surface area (TPSA) is 74.8 Å². The second kappa shape index (κ2) is 8.33. The van der Waals surface area contributed by atoms with Crippen LogP contribution in [-0.4, -0.2) is 50.3 Å². The number of guanidine groups is 1. The van der Waals surface area contributed by atoms with Crippen LogP contribution in [0.15, 0.2) is 4.99 Å². The lowest BCUT2D eigenvalue weighted by Crippen LogP contribution is -2.49. The molecule has 2 aliphatic heterocycles. The van der Waals surface area contributed by atoms with Crippen LogP contribution < -0.4 is 16.0 Å². The molecule has 0 aromatic heterocycles. The van der Waals surface area contributed by atoms with Gasteiger partial charge in [-0.2, -0.15) is 0 Å². The summed E-state index contributed by atoms with van der Waals surface area (Å²) in [5, 5.41) is 9.56. The Hall–Kier alpha value is -0.570. The smallest absolute Gasteiger partial charge is 0.225 e. The summed E-state index contributed by atoms with van der Waals surface area (Å²) in [5.41, 5.74) is -0.347. The minimum Gasteiger partial charge on any atom is -0.373 e. The number of carbonyl (C=O) groups is 1. The van der Waals surface area contributed by atoms with Crippen LogP contribution in [0, 0.1) is 5.41 Å². The van der Waals surface area contributed by atoms with E-state index in [0.717, 1.165) is 18.8 Å². The van der Waals surface area contributed by atoms with Crippen molar-refractivity contribution in [2.75, 3.05) is 20.1 Å². The van der Waals surface area contributed by atoms with Crippen LogP contribution in [-0.2, 0) is 9.53 Å². The molecule has 2 fully saturated rings. The summed E-state index contributed by atoms with van der Waals surface area (Å²) in [6.45, 7) is 6.97. The minimum absolute atomic E-state index is 0. The van der Waals surface area contributed by atoms with E-state index >= 15 is 0 Å². The molecule has 0 aromatic rings. The Labute approximate surface area is 150 Å². The molecular formula is C15H29IN4O2. The highest BCUT2D eigenvalue weighted by atomic mass is 127. The fourth-order valence-electron chi connectivity index (χ4n) is 2.78. The van der Waals surface area contributed by atoms with Crippen LogP contribution in [0.25, 0.3) is 0 Å². The number of rotatable bonds is 4. The summed E-state index contributed by atoms with van der Waals surface area (Å²) >= 11 is 0. The van der Waals surface area contributed by atoms with Gasteiger partial charge in [-0.25, -0.2) is 0 Å². The number of fused-ring (bicyclic) bond motifs is 2. The van der Waals surface area contributed by atoms with Crippen LogP contribution >= 0.6 is 24.0 Å². The fourth-order valence-corrected chi connectivity index (χ4v) is 2.78. The van der Waals surface area contributed by atoms with Crippen molar-refractivity contribution in [3.63, 3.8) is 0 Å². The van der Waals surface area contributed by atoms with Crippen molar-refractivity contribution in [1.29, 1.82) is 0 Å². The van der Waals surface area contributed by atoms with E-state index in [0.29, 0.717) is 31.3 Å². The van der Waals surface area contributed by atoms with E-state index in [-0.39, 0.29) is 35.3 Å². The summed E-state index contributed by atoms with van der Waals surface area (Å²) in [4.78, 5) is 16.0. The van der Waals surface area contributed by atoms with E-state index in [9.17, 15) is 4.79 Å². The highest BCUT2D eigenvalue weighted by molar-refractivity contribution is 14.0. The first kappa shape index (κ1) is 19.5. The molecule has 6 nitrogen and oxygen atoms in total. The predicted molar refractivity (Wildman–Crippen MR) is 98.7 cm³/mol. The van der Waals surface area contributed by atoms with Gasteiger partial charge in [0.2, 0.25) is 5.91 Å². The molecule has 0 radical (unpaired) electrons. The number of hydrogen-bond donors (Lipinski definition) is 3. The Balaban J connectivity index is 0.00000242. The molecule has 3 N–H and O–H groups in total. The molecule has 128 valence electrons. The molecule has 3 atom stereocenters. The van der Waals surface area contributed by atoms with Gasteiger partial charge in [0.15, 0.2) is 5.96 Å². The van der Waals surface area contributed by atoms with E-state index in [1.54, 1.807) is 7.05 Å². The van der Waals surface area contributed by atoms with Crippen molar-refractivity contribution >= 4 is 35.8 Å². The van der Waals surface area contributed by atoms with Gasteiger partial charge in [0.05, 0.1) is 18.2 Å². The van der Waals surface area contributed by atoms with Crippen molar-refractivity contribution in [2.24, 2.45) is 10.4 Å². The van der Waals surface area contributed by atoms with Crippen molar-refractivity contribution in [2.45, 2.75) is 58.3 Å². The zero-order chi connectivity index (χ0) is 15.5. The van der Waals surface area contributed by atoms with Crippen LogP contribution in [0.2, 0.25) is 0 Å². The quantitative estimate of drug-likeness (QED) is 0.275. The van der Waals surface area contributed by atoms with Crippen molar-refractivity contribution in [3.05, 3.63) is 0 Å². The number of amides is 1. The molecule has 22 heavy (non-hydrogen) atoms. The maximum Gasteiger partial charge on any atom is 0.225 e. The van der Waals surface area contributed by atoms with Gasteiger partial charge in [0.25, 0.3) is 0 Å². The number of nitrogens with zero attached hydrogens (tertiary/aromatic N) is 1. The van der Waals surface area contributed by atoms with Gasteiger partial charge in [-0.15, -0.1) is 24.0 Å². The molecule has 0 aliphatic carbocycles. The first-order valence-electron chi connectivity index (χ1n) is 7.81. The monoisotopic (exact) mass is 424 g/mol. The highest BCUT2D eigenvalue weighted by Crippen LogP contribution is 2.34. The Morgan fingerprint density at radius 2 is 1.91 bits per heavy atom. The SMILES string of the molecule is CN=C(NCCNC(=O)C(C)(C)C)NC1CC2CCC1O2.I. The van der Waals surface area contributed by atoms with E-state index in [2.05, 4.69) is 20.9 Å². The maximum atomic E-state index is 11.7. The van der Waals surface area contributed by atoms with Crippen LogP contribution in [0.4, 0.5) is 0 Å². The lowest BCUT2D eigenvalue weighted by Gasteiger charge is -2.23. The second-order valence-electron chi connectivity index (χ2n) is 6.87. The molecule has 2 heterocycles. The van der Waals surface area contributed by atoms with Crippen LogP contribution in [0.3, 0.4) is 0 Å². The Bertz CT molecular complexity index is 409. The van der Waals surface area contributed by atoms with E-state index in [4.69, 9.17) is 4.74 Å². The molecule has 0 saturated carbocycles. The summed E-state index contributed by atoms with van der Waals surface area (Å²) in [6.07, 6.45) is 4.15. The third-order valence-electron chi connectivity index (χ3n) is 4.04. The van der Waals surface area contributed by atoms with Gasteiger partial charge in [0.1, 0.15) is 0 Å². The molecule has 2 bridgehead atoms. The molecule has 3 unspecified atom stereocenters. The second-order valence-corrected chi connectivity index (χ2v) is 6.87. The van der Waals surface area contributed by atoms with Gasteiger partial charge >= 0.3 is 0 Å². The first-order chi connectivity index (χ1) is 9.90. The first-order valence-corrected chi connectivity index (χ1v) is 7.81. The van der Waals surface area contributed by atoms with Crippen LogP contribution in [0.1, 0.15) is 40.0 Å². The van der Waals surface area contributed by atoms with Crippen molar-refractivity contribution in [3.8, 4) is 0 Å². The van der Waals surface area contributed by atoms with Gasteiger partial charge in [-0.1, -0.05) is 20.8 Å². The predicted octanol–water partition coefficient (Wildman–Crippen LogP) is 1.25. The number of nitrogens with one attached hydrogen (secondary N) is 3. The highest BCUT2D eigenvalue weighted by Gasteiger charge is 2.41. The Kier molecular flexibility index (Phi) is 7.37. The van der Waals surface area contributed by atoms with Gasteiger partial charge < -0.3 is 20.7 Å². The van der Waals surface area contributed by atoms with E-state index in [1.165, 1.54) is 6.42 Å². The number of aliphatic imine (C=N–C) groups is 1. The van der Waals surface area contributed by atoms with Crippen molar-refractivity contribution in [1.82, 2.24) is 16.0 Å². The molecule has 0 aromatic carbocycles. The van der Waals surface area contributed by atoms with Crippen molar-refractivity contribution < 1.29 is 9.53 Å². The number of ether oxygens (including phenoxy) is 1. The summed E-state index contributed by atoms with van der Waals surface area (Å²) in [6, 6.07) is 0.360. The minimum atomic E-state index is -0.347. The normalized spacial score (nSPS) is 27.3. The summed E-state index contributed by atoms with van der Waals surface area (Å²) in [5.74, 6) is 0.843. The third kappa shape index (κ3) is 5.26. The lowest BCUT2D eigenvalue weighted by molar-refractivity contribution is -0.128. The Morgan fingerprint density at radius 1 is 1.23 bits per heavy atom. The summed E-state index contributed by atoms with van der Waals surface area (Å²) in [7, 11) is 1.76. The number of halogens is 1. The average Bonchev–Trinajstić information content (AvgIpc) is 3.03. The van der Waals surface area contributed by atoms with Gasteiger partial charge in [-0.05, 0) is 19.3 Å². The molecule has 7 heteroatoms. The molecule has 2 saturated heterocycles. The number of carbonyl (C=O) groups excluding carboxylic acids is 1. The van der Waals surface area contributed by atoms with E-state index < -0.39 is 0 Å². The Morgan fingerprint density at radius 3 is 2.41 bits per heavy atom. The molecule has 0 spiro atoms. The standard InChI is InChI=1S/C15H28N4O2.HI/c1-15(2,3)13(20)17-7-8-18-14(16-4)19-11-9-10-5-6-12(11)21-10;/h10-12H,5-9H2,1-4H3,(H,17,20)(H2,16,18,19);1H. The van der Waals surface area contributed by atoms with Crippen LogP contribution in [0.5, 0.6) is 0 Å². The molecule has 2 aliphatic rings. The lowest BCUT2D eigenvalue weighted by atomic mass is 9.96. The third-order valence-corrected chi connectivity index (χ3v) is 4.04. The van der Waals surface area contributed by atoms with Gasteiger partial charge in [0, 0.05) is 25.6 Å². The zero-order valence-corrected chi connectivity index (χ0v) is 16.3. The molecule has 2 rings (SSSR count). The fraction of sp³-hybridized carbons (Fsp3) is 0.867. The van der Waals surface area contributed by atoms with Gasteiger partial charge in [-0.3, -0.25) is 9.79 Å².